The number of primary amides is 1. The first-order valence-corrected chi connectivity index (χ1v) is 29.3. The Morgan fingerprint density at radius 3 is 1.49 bits per heavy atom. The van der Waals surface area contributed by atoms with Crippen LogP contribution in [0, 0.1) is 29.6 Å². The van der Waals surface area contributed by atoms with Crippen LogP contribution < -0.4 is 49.9 Å². The number of nitrogens with zero attached hydrogens (tertiary/aromatic N) is 3. The number of aromatic nitrogens is 3. The van der Waals surface area contributed by atoms with Gasteiger partial charge in [0.05, 0.1) is 55.3 Å². The van der Waals surface area contributed by atoms with Gasteiger partial charge < -0.3 is 65.3 Å². The molecule has 0 aliphatic carbocycles. The van der Waals surface area contributed by atoms with Crippen LogP contribution in [-0.2, 0) is 75.3 Å². The third-order valence-electron chi connectivity index (χ3n) is 14.4. The molecule has 1 heterocycles. The van der Waals surface area contributed by atoms with Gasteiger partial charge in [-0.05, 0) is 116 Å². The molecule has 85 heavy (non-hydrogen) atoms. The molecule has 0 spiro atoms. The number of carboxylic acids is 3. The maximum Gasteiger partial charge on any atom is 0.305 e. The molecule has 29 heteroatoms. The average Bonchev–Trinajstić information content (AvgIpc) is 4.10. The molecule has 0 fully saturated rings. The molecule has 1 rings (SSSR count). The number of ketones is 5. The highest BCUT2D eigenvalue weighted by molar-refractivity contribution is 5.99. The highest BCUT2D eigenvalue weighted by Gasteiger charge is 2.36. The number of hydrogen-bond acceptors (Lipinski definition) is 19. The van der Waals surface area contributed by atoms with Gasteiger partial charge in [-0.15, -0.1) is 5.10 Å². The van der Waals surface area contributed by atoms with Gasteiger partial charge in [0.15, 0.2) is 28.9 Å². The van der Waals surface area contributed by atoms with E-state index in [4.69, 9.17) is 28.7 Å². The van der Waals surface area contributed by atoms with E-state index in [1.807, 2.05) is 0 Å². The van der Waals surface area contributed by atoms with E-state index in [-0.39, 0.29) is 58.0 Å². The van der Waals surface area contributed by atoms with Gasteiger partial charge in [-0.2, -0.15) is 0 Å². The number of unbranched alkanes of at least 4 members (excludes halogenated alkanes) is 4. The lowest BCUT2D eigenvalue weighted by Crippen LogP contribution is -2.49. The second kappa shape index (κ2) is 42.8. The van der Waals surface area contributed by atoms with Gasteiger partial charge in [0.1, 0.15) is 6.54 Å². The first-order valence-electron chi connectivity index (χ1n) is 29.3. The Morgan fingerprint density at radius 2 is 0.988 bits per heavy atom. The van der Waals surface area contributed by atoms with Crippen molar-refractivity contribution in [3.63, 3.8) is 0 Å². The minimum Gasteiger partial charge on any atom is -0.481 e. The van der Waals surface area contributed by atoms with Crippen molar-refractivity contribution in [3.8, 4) is 0 Å². The molecule has 0 bridgehead atoms. The fourth-order valence-corrected chi connectivity index (χ4v) is 9.42. The molecule has 5 amide bonds. The van der Waals surface area contributed by atoms with Gasteiger partial charge in [-0.1, -0.05) is 31.9 Å². The number of rotatable bonds is 52. The Labute approximate surface area is 494 Å². The van der Waals surface area contributed by atoms with Gasteiger partial charge >= 0.3 is 17.9 Å². The summed E-state index contributed by atoms with van der Waals surface area (Å²) in [6, 6.07) is -5.58. The highest BCUT2D eigenvalue weighted by Crippen LogP contribution is 2.23. The minimum atomic E-state index is -1.75. The maximum absolute atomic E-state index is 14.1. The van der Waals surface area contributed by atoms with Crippen LogP contribution in [0.15, 0.2) is 6.20 Å². The summed E-state index contributed by atoms with van der Waals surface area (Å²) in [4.78, 5) is 171. The van der Waals surface area contributed by atoms with Crippen LogP contribution in [0.2, 0.25) is 0 Å². The van der Waals surface area contributed by atoms with Gasteiger partial charge in [-0.25, -0.2) is 4.68 Å². The monoisotopic (exact) mass is 1210 g/mol. The number of hydrogen-bond donors (Lipinski definition) is 12. The van der Waals surface area contributed by atoms with Crippen molar-refractivity contribution in [2.24, 2.45) is 58.3 Å². The predicted molar refractivity (Wildman–Crippen MR) is 306 cm³/mol. The number of aryl methyl sites for hydroxylation is 1. The van der Waals surface area contributed by atoms with E-state index in [1.54, 1.807) is 0 Å². The maximum atomic E-state index is 14.1. The third-order valence-corrected chi connectivity index (χ3v) is 14.4. The number of carbonyl (C=O) groups excluding carboxylic acids is 10. The van der Waals surface area contributed by atoms with Crippen molar-refractivity contribution in [1.29, 1.82) is 0 Å². The molecule has 0 unspecified atom stereocenters. The van der Waals surface area contributed by atoms with Crippen molar-refractivity contribution in [3.05, 3.63) is 11.9 Å². The lowest BCUT2D eigenvalue weighted by atomic mass is 9.86. The van der Waals surface area contributed by atoms with Crippen LogP contribution in [0.4, 0.5) is 4.39 Å². The Hall–Kier alpha value is -6.98. The summed E-state index contributed by atoms with van der Waals surface area (Å²) in [6.45, 7) is 3.25. The number of nitrogens with two attached hydrogens (primary N) is 5. The first-order chi connectivity index (χ1) is 40.3. The van der Waals surface area contributed by atoms with Crippen LogP contribution in [0.5, 0.6) is 0 Å². The molecule has 0 radical (unpaired) electrons. The normalized spacial score (nSPS) is 14.1. The molecule has 8 atom stereocenters. The number of amides is 5. The van der Waals surface area contributed by atoms with Crippen LogP contribution in [0.3, 0.4) is 0 Å². The SMILES string of the molecule is CC(C)[C@H](CC(=O)[C@H](CCC(=O)O)NC(=O)[C@H](CC(=O)O)CC(=O)Cn1cc(CCCF)nn1)C(=O)N[C@@H](CC(=O)O)C(=O)CCC(=O)N[C@@H](CCCCN)C(=O)C[C@@H](CCCCN)C(=O)N[C@@H](CCCCN)C(=O)C[C@@H](CCCCN)C(N)=O. The van der Waals surface area contributed by atoms with E-state index in [1.165, 1.54) is 20.0 Å². The molecule has 0 saturated heterocycles. The molecule has 1 aromatic heterocycles. The van der Waals surface area contributed by atoms with Gasteiger partial charge in [0.2, 0.25) is 29.5 Å². The summed E-state index contributed by atoms with van der Waals surface area (Å²) in [5.41, 5.74) is 28.8. The lowest BCUT2D eigenvalue weighted by Gasteiger charge is -2.26. The number of carbonyl (C=O) groups is 13. The molecule has 480 valence electrons. The molecule has 0 aliphatic rings. The molecular formula is C56H93FN12O16. The number of carboxylic acid groups (broad SMARTS) is 3. The van der Waals surface area contributed by atoms with Crippen molar-refractivity contribution in [2.75, 3.05) is 32.9 Å². The number of Topliss-reactive ketones (excluding diaryl/α,β-unsaturated/α-hetero) is 5. The smallest absolute Gasteiger partial charge is 0.305 e. The fourth-order valence-electron chi connectivity index (χ4n) is 9.42. The van der Waals surface area contributed by atoms with Crippen LogP contribution in [0.1, 0.15) is 167 Å². The number of aliphatic carboxylic acids is 3. The lowest BCUT2D eigenvalue weighted by molar-refractivity contribution is -0.143. The first kappa shape index (κ1) is 76.0. The molecule has 28 nitrogen and oxygen atoms in total. The van der Waals surface area contributed by atoms with Gasteiger partial charge in [0.25, 0.3) is 0 Å². The van der Waals surface area contributed by atoms with Gasteiger partial charge in [-0.3, -0.25) is 66.7 Å². The van der Waals surface area contributed by atoms with E-state index in [0.717, 1.165) is 4.68 Å². The Balaban J connectivity index is 3.32. The summed E-state index contributed by atoms with van der Waals surface area (Å²) in [6.07, 6.45) is 0.314. The summed E-state index contributed by atoms with van der Waals surface area (Å²) in [5, 5.41) is 46.6. The standard InChI is InChI=1S/C56H93FN12O16/c1-34(2)40(30-48(74)43(17-20-50(76)77)65-55(84)37(29-51(78)79)26-39(70)33-69-32-38(67-68-69)14-11-21-57)56(85)66-44(31-52(80)81)45(71)18-19-49(75)63-41(15-5-9-24-60)47(73)28-36(13-4-8-23-59)54(83)64-42(16-6-10-25-61)46(72)27-35(53(62)82)12-3-7-22-58/h32,34-37,40-44H,3-31,33,58-61H2,1-2H3,(H2,62,82)(H,63,75)(H,64,83)(H,65,84)(H,66,85)(H,76,77)(H,78,79)(H,80,81)/t35-,36-,37+,40+,41+,42+,43+,44+/m1/s1. The minimum absolute atomic E-state index is 0.0820. The summed E-state index contributed by atoms with van der Waals surface area (Å²) < 4.78 is 13.8. The average molecular weight is 1210 g/mol. The van der Waals surface area contributed by atoms with Crippen LogP contribution in [0.25, 0.3) is 0 Å². The zero-order valence-corrected chi connectivity index (χ0v) is 49.2. The molecule has 0 aliphatic heterocycles. The van der Waals surface area contributed by atoms with E-state index < -0.39 is 195 Å². The van der Waals surface area contributed by atoms with Crippen molar-refractivity contribution >= 4 is 76.4 Å². The second-order valence-corrected chi connectivity index (χ2v) is 21.8. The largest absolute Gasteiger partial charge is 0.481 e. The van der Waals surface area contributed by atoms with Crippen LogP contribution >= 0.6 is 0 Å². The quantitative estimate of drug-likeness (QED) is 0.0389. The second-order valence-electron chi connectivity index (χ2n) is 21.8. The molecule has 0 saturated carbocycles. The molecular weight excluding hydrogens is 1120 g/mol. The van der Waals surface area contributed by atoms with E-state index in [0.29, 0.717) is 76.6 Å². The Morgan fingerprint density at radius 1 is 0.506 bits per heavy atom. The van der Waals surface area contributed by atoms with Crippen molar-refractivity contribution in [2.45, 2.75) is 199 Å². The summed E-state index contributed by atoms with van der Waals surface area (Å²) >= 11 is 0. The van der Waals surface area contributed by atoms with Gasteiger partial charge in [0, 0.05) is 68.9 Å². The number of alkyl halides is 1. The van der Waals surface area contributed by atoms with Crippen molar-refractivity contribution < 1.29 is 82.0 Å². The third kappa shape index (κ3) is 32.2. The molecule has 17 N–H and O–H groups in total. The van der Waals surface area contributed by atoms with Crippen LogP contribution in [-0.4, -0.2) is 164 Å². The summed E-state index contributed by atoms with van der Waals surface area (Å²) in [7, 11) is 0. The fraction of sp³-hybridized carbons (Fsp3) is 0.732. The Bertz CT molecular complexity index is 2350. The van der Waals surface area contributed by atoms with E-state index >= 15 is 0 Å². The highest BCUT2D eigenvalue weighted by atomic mass is 19.1. The van der Waals surface area contributed by atoms with E-state index in [2.05, 4.69) is 31.6 Å². The Kier molecular flexibility index (Phi) is 38.3. The topological polar surface area (TPSA) is 492 Å². The summed E-state index contributed by atoms with van der Waals surface area (Å²) in [5.74, 6) is -17.3. The molecule has 1 aromatic rings. The number of halogens is 1. The van der Waals surface area contributed by atoms with E-state index in [9.17, 15) is 82.0 Å². The zero-order chi connectivity index (χ0) is 64.0. The molecule has 0 aromatic carbocycles. The number of nitrogens with one attached hydrogen (secondary N) is 4. The predicted octanol–water partition coefficient (Wildman–Crippen LogP) is 0.242. The van der Waals surface area contributed by atoms with Crippen molar-refractivity contribution in [1.82, 2.24) is 36.3 Å². The zero-order valence-electron chi connectivity index (χ0n) is 49.2.